The summed E-state index contributed by atoms with van der Waals surface area (Å²) in [7, 11) is 0. The maximum atomic E-state index is 12.8. The van der Waals surface area contributed by atoms with Gasteiger partial charge in [-0.15, -0.1) is 0 Å². The summed E-state index contributed by atoms with van der Waals surface area (Å²) in [5, 5.41) is 0. The van der Waals surface area contributed by atoms with Crippen molar-refractivity contribution in [3.63, 3.8) is 0 Å². The molecule has 1 aliphatic heterocycles. The number of carbonyl (C=O) groups excluding carboxylic acids is 1. The van der Waals surface area contributed by atoms with Crippen LogP contribution in [0.15, 0.2) is 24.3 Å². The molecule has 0 spiro atoms. The van der Waals surface area contributed by atoms with Crippen molar-refractivity contribution in [3.05, 3.63) is 35.4 Å². The summed E-state index contributed by atoms with van der Waals surface area (Å²) in [5.41, 5.74) is 7.62. The van der Waals surface area contributed by atoms with E-state index >= 15 is 0 Å². The van der Waals surface area contributed by atoms with E-state index in [0.717, 1.165) is 30.9 Å². The molecule has 2 aliphatic rings. The Balaban J connectivity index is 1.73. The monoisotopic (exact) mass is 286 g/mol. The minimum atomic E-state index is 0.228. The number of rotatable bonds is 3. The zero-order chi connectivity index (χ0) is 14.7. The Morgan fingerprint density at radius 1 is 1.10 bits per heavy atom. The lowest BCUT2D eigenvalue weighted by atomic mass is 9.78. The summed E-state index contributed by atoms with van der Waals surface area (Å²) in [6.45, 7) is 1.59. The molecular formula is C18H26N2O. The summed E-state index contributed by atoms with van der Waals surface area (Å²) >= 11 is 0. The molecule has 1 saturated heterocycles. The molecule has 1 aliphatic carbocycles. The molecule has 3 heteroatoms. The molecule has 3 nitrogen and oxygen atoms in total. The number of likely N-dealkylation sites (tertiary alicyclic amines) is 1. The second kappa shape index (κ2) is 6.61. The number of benzene rings is 1. The number of nitrogens with two attached hydrogens (primary N) is 1. The fourth-order valence-electron chi connectivity index (χ4n) is 4.02. The lowest BCUT2D eigenvalue weighted by Gasteiger charge is -2.44. The zero-order valence-electron chi connectivity index (χ0n) is 12.8. The van der Waals surface area contributed by atoms with Gasteiger partial charge in [-0.3, -0.25) is 4.79 Å². The summed E-state index contributed by atoms with van der Waals surface area (Å²) in [5.74, 6) is 0.971. The molecule has 1 saturated carbocycles. The van der Waals surface area contributed by atoms with Crippen LogP contribution in [-0.4, -0.2) is 29.9 Å². The van der Waals surface area contributed by atoms with Crippen molar-refractivity contribution in [2.45, 2.75) is 51.0 Å². The molecule has 1 aromatic carbocycles. The number of piperidine rings is 1. The van der Waals surface area contributed by atoms with Crippen LogP contribution in [0.5, 0.6) is 0 Å². The van der Waals surface area contributed by atoms with Crippen LogP contribution in [0.4, 0.5) is 0 Å². The fraction of sp³-hybridized carbons (Fsp3) is 0.611. The van der Waals surface area contributed by atoms with E-state index in [4.69, 9.17) is 5.73 Å². The first-order chi connectivity index (χ1) is 10.3. The van der Waals surface area contributed by atoms with Crippen LogP contribution >= 0.6 is 0 Å². The van der Waals surface area contributed by atoms with E-state index in [1.165, 1.54) is 37.7 Å². The van der Waals surface area contributed by atoms with E-state index in [9.17, 15) is 4.79 Å². The molecule has 2 N–H and O–H groups in total. The van der Waals surface area contributed by atoms with Crippen LogP contribution in [0, 0.1) is 5.92 Å². The molecule has 114 valence electrons. The van der Waals surface area contributed by atoms with Gasteiger partial charge in [0.2, 0.25) is 0 Å². The summed E-state index contributed by atoms with van der Waals surface area (Å²) in [6.07, 6.45) is 8.48. The maximum absolute atomic E-state index is 12.8. The van der Waals surface area contributed by atoms with Crippen LogP contribution in [0.1, 0.15) is 54.4 Å². The van der Waals surface area contributed by atoms with Gasteiger partial charge in [0.05, 0.1) is 0 Å². The highest BCUT2D eigenvalue weighted by Gasteiger charge is 2.35. The topological polar surface area (TPSA) is 46.3 Å². The van der Waals surface area contributed by atoms with Gasteiger partial charge in [0.15, 0.2) is 0 Å². The van der Waals surface area contributed by atoms with E-state index in [2.05, 4.69) is 4.90 Å². The van der Waals surface area contributed by atoms with Crippen molar-refractivity contribution in [1.29, 1.82) is 0 Å². The first-order valence-corrected chi connectivity index (χ1v) is 8.39. The van der Waals surface area contributed by atoms with Crippen molar-refractivity contribution in [2.24, 2.45) is 11.7 Å². The Hall–Kier alpha value is -1.35. The van der Waals surface area contributed by atoms with Gasteiger partial charge >= 0.3 is 0 Å². The van der Waals surface area contributed by atoms with Crippen molar-refractivity contribution >= 4 is 5.91 Å². The molecule has 21 heavy (non-hydrogen) atoms. The lowest BCUT2D eigenvalue weighted by molar-refractivity contribution is 0.0390. The fourth-order valence-corrected chi connectivity index (χ4v) is 4.02. The first kappa shape index (κ1) is 14.6. The van der Waals surface area contributed by atoms with Gasteiger partial charge in [-0.2, -0.15) is 0 Å². The molecule has 1 amide bonds. The van der Waals surface area contributed by atoms with Gasteiger partial charge in [0, 0.05) is 18.2 Å². The third-order valence-corrected chi connectivity index (χ3v) is 5.14. The first-order valence-electron chi connectivity index (χ1n) is 8.39. The van der Waals surface area contributed by atoms with Gasteiger partial charge in [0.1, 0.15) is 0 Å². The van der Waals surface area contributed by atoms with Crippen molar-refractivity contribution in [1.82, 2.24) is 4.90 Å². The van der Waals surface area contributed by atoms with Gasteiger partial charge in [-0.1, -0.05) is 25.0 Å². The molecule has 0 aromatic heterocycles. The van der Waals surface area contributed by atoms with E-state index in [-0.39, 0.29) is 5.91 Å². The largest absolute Gasteiger partial charge is 0.335 e. The smallest absolute Gasteiger partial charge is 0.254 e. The summed E-state index contributed by atoms with van der Waals surface area (Å²) in [4.78, 5) is 15.0. The third-order valence-electron chi connectivity index (χ3n) is 5.14. The standard InChI is InChI=1S/C18H26N2O/c19-12-11-14-7-9-16(10-8-14)18(21)20-13-3-5-15-4-1-2-6-17(15)20/h7-10,15,17H,1-6,11-13,19H2/t15-,17-/m1/s1. The Morgan fingerprint density at radius 3 is 2.57 bits per heavy atom. The van der Waals surface area contributed by atoms with E-state index in [1.807, 2.05) is 24.3 Å². The normalized spacial score (nSPS) is 25.5. The minimum Gasteiger partial charge on any atom is -0.335 e. The van der Waals surface area contributed by atoms with E-state index < -0.39 is 0 Å². The highest BCUT2D eigenvalue weighted by molar-refractivity contribution is 5.94. The molecule has 1 heterocycles. The number of fused-ring (bicyclic) bond motifs is 1. The molecule has 1 aromatic rings. The second-order valence-electron chi connectivity index (χ2n) is 6.49. The maximum Gasteiger partial charge on any atom is 0.254 e. The average Bonchev–Trinajstić information content (AvgIpc) is 2.55. The lowest BCUT2D eigenvalue weighted by Crippen LogP contribution is -2.49. The van der Waals surface area contributed by atoms with Crippen LogP contribution in [0.3, 0.4) is 0 Å². The zero-order valence-corrected chi connectivity index (χ0v) is 12.8. The minimum absolute atomic E-state index is 0.228. The Morgan fingerprint density at radius 2 is 1.81 bits per heavy atom. The highest BCUT2D eigenvalue weighted by Crippen LogP contribution is 2.35. The van der Waals surface area contributed by atoms with E-state index in [1.54, 1.807) is 0 Å². The van der Waals surface area contributed by atoms with Crippen LogP contribution in [0.25, 0.3) is 0 Å². The number of nitrogens with zero attached hydrogens (tertiary/aromatic N) is 1. The number of amides is 1. The van der Waals surface area contributed by atoms with Crippen molar-refractivity contribution in [2.75, 3.05) is 13.1 Å². The van der Waals surface area contributed by atoms with Crippen LogP contribution < -0.4 is 5.73 Å². The molecule has 2 atom stereocenters. The molecule has 0 radical (unpaired) electrons. The Bertz CT molecular complexity index is 480. The Labute approximate surface area is 127 Å². The quantitative estimate of drug-likeness (QED) is 0.928. The summed E-state index contributed by atoms with van der Waals surface area (Å²) < 4.78 is 0. The number of hydrogen-bond acceptors (Lipinski definition) is 2. The van der Waals surface area contributed by atoms with Crippen LogP contribution in [0.2, 0.25) is 0 Å². The molecule has 3 rings (SSSR count). The average molecular weight is 286 g/mol. The van der Waals surface area contributed by atoms with Crippen molar-refractivity contribution in [3.8, 4) is 0 Å². The van der Waals surface area contributed by atoms with Gasteiger partial charge in [-0.25, -0.2) is 0 Å². The Kier molecular flexibility index (Phi) is 4.59. The van der Waals surface area contributed by atoms with Gasteiger partial charge in [0.25, 0.3) is 5.91 Å². The van der Waals surface area contributed by atoms with Crippen LogP contribution in [-0.2, 0) is 6.42 Å². The van der Waals surface area contributed by atoms with Crippen molar-refractivity contribution < 1.29 is 4.79 Å². The molecule has 2 fully saturated rings. The predicted octanol–water partition coefficient (Wildman–Crippen LogP) is 2.98. The van der Waals surface area contributed by atoms with E-state index in [0.29, 0.717) is 12.6 Å². The van der Waals surface area contributed by atoms with Gasteiger partial charge in [-0.05, 0) is 62.3 Å². The van der Waals surface area contributed by atoms with Gasteiger partial charge < -0.3 is 10.6 Å². The third kappa shape index (κ3) is 3.13. The predicted molar refractivity (Wildman–Crippen MR) is 85.2 cm³/mol. The molecular weight excluding hydrogens is 260 g/mol. The second-order valence-corrected chi connectivity index (χ2v) is 6.49. The summed E-state index contributed by atoms with van der Waals surface area (Å²) in [6, 6.07) is 8.52. The SMILES string of the molecule is NCCc1ccc(C(=O)N2CCC[C@H]3CCCC[C@H]32)cc1. The molecule has 0 unspecified atom stereocenters. The number of hydrogen-bond donors (Lipinski definition) is 1. The number of carbonyl (C=O) groups is 1. The highest BCUT2D eigenvalue weighted by atomic mass is 16.2. The molecule has 0 bridgehead atoms.